The van der Waals surface area contributed by atoms with Gasteiger partial charge in [0.1, 0.15) is 35.7 Å². The van der Waals surface area contributed by atoms with Crippen molar-refractivity contribution in [1.82, 2.24) is 19.9 Å². The maximum Gasteiger partial charge on any atom is 0.319 e. The highest BCUT2D eigenvalue weighted by atomic mass is 19.1. The molecule has 1 unspecified atom stereocenters. The number of aromatic nitrogens is 3. The monoisotopic (exact) mass is 589 g/mol. The van der Waals surface area contributed by atoms with Crippen LogP contribution in [0.25, 0.3) is 32.9 Å². The fourth-order valence-electron chi connectivity index (χ4n) is 7.22. The van der Waals surface area contributed by atoms with Gasteiger partial charge in [-0.15, -0.1) is 0 Å². The highest BCUT2D eigenvalue weighted by molar-refractivity contribution is 5.99. The Morgan fingerprint density at radius 2 is 1.86 bits per heavy atom. The summed E-state index contributed by atoms with van der Waals surface area (Å²) in [6.45, 7) is 2.71. The van der Waals surface area contributed by atoms with Crippen molar-refractivity contribution >= 4 is 33.5 Å². The lowest BCUT2D eigenvalue weighted by atomic mass is 9.95. The van der Waals surface area contributed by atoms with E-state index in [4.69, 9.17) is 9.47 Å². The van der Waals surface area contributed by atoms with Crippen LogP contribution in [-0.2, 0) is 9.53 Å². The Labute approximate surface area is 247 Å². The molecule has 2 atom stereocenters. The molecule has 0 radical (unpaired) electrons. The second-order valence-corrected chi connectivity index (χ2v) is 11.8. The number of benzene rings is 2. The van der Waals surface area contributed by atoms with Gasteiger partial charge in [0.05, 0.1) is 24.0 Å². The number of esters is 1. The third kappa shape index (κ3) is 4.75. The van der Waals surface area contributed by atoms with Gasteiger partial charge in [-0.2, -0.15) is 9.97 Å². The van der Waals surface area contributed by atoms with Gasteiger partial charge in [0.2, 0.25) is 0 Å². The molecule has 43 heavy (non-hydrogen) atoms. The molecule has 1 N–H and O–H groups in total. The zero-order chi connectivity index (χ0) is 29.7. The molecule has 11 heteroatoms. The first kappa shape index (κ1) is 27.8. The third-order valence-corrected chi connectivity index (χ3v) is 9.41. The van der Waals surface area contributed by atoms with Crippen LogP contribution in [0, 0.1) is 17.6 Å². The van der Waals surface area contributed by atoms with Crippen molar-refractivity contribution in [2.45, 2.75) is 50.3 Å². The van der Waals surface area contributed by atoms with Crippen molar-refractivity contribution in [1.29, 1.82) is 0 Å². The number of hydrogen-bond acceptors (Lipinski definition) is 9. The number of aliphatic hydroxyl groups is 1. The third-order valence-electron chi connectivity index (χ3n) is 9.41. The smallest absolute Gasteiger partial charge is 0.319 e. The molecule has 2 aromatic heterocycles. The maximum absolute atomic E-state index is 16.5. The Bertz CT molecular complexity index is 1700. The predicted octanol–water partition coefficient (Wildman–Crippen LogP) is 4.84. The van der Waals surface area contributed by atoms with Crippen molar-refractivity contribution in [3.05, 3.63) is 54.2 Å². The molecule has 3 saturated heterocycles. The molecule has 3 fully saturated rings. The topological polar surface area (TPSA) is 101 Å². The highest BCUT2D eigenvalue weighted by Gasteiger charge is 2.45. The molecule has 2 aromatic carbocycles. The minimum atomic E-state index is -1.07. The number of halogens is 2. The molecule has 0 saturated carbocycles. The highest BCUT2D eigenvalue weighted by Crippen LogP contribution is 2.40. The van der Waals surface area contributed by atoms with E-state index < -0.39 is 23.8 Å². The summed E-state index contributed by atoms with van der Waals surface area (Å²) in [5.41, 5.74) is 0.148. The zero-order valence-electron chi connectivity index (χ0n) is 23.9. The van der Waals surface area contributed by atoms with Crippen molar-refractivity contribution in [2.75, 3.05) is 38.3 Å². The summed E-state index contributed by atoms with van der Waals surface area (Å²) in [6.07, 6.45) is 5.17. The Kier molecular flexibility index (Phi) is 7.09. The minimum Gasteiger partial charge on any atom is -0.469 e. The van der Waals surface area contributed by atoms with Crippen LogP contribution in [0.5, 0.6) is 6.01 Å². The summed E-state index contributed by atoms with van der Waals surface area (Å²) in [6, 6.07) is 9.85. The van der Waals surface area contributed by atoms with Gasteiger partial charge < -0.3 is 19.5 Å². The van der Waals surface area contributed by atoms with Crippen LogP contribution < -0.4 is 9.64 Å². The van der Waals surface area contributed by atoms with Crippen LogP contribution in [-0.4, -0.2) is 76.0 Å². The van der Waals surface area contributed by atoms with Crippen LogP contribution in [0.1, 0.15) is 38.5 Å². The second-order valence-electron chi connectivity index (χ2n) is 11.8. The van der Waals surface area contributed by atoms with Gasteiger partial charge in [-0.3, -0.25) is 14.7 Å². The number of fused-ring (bicyclic) bond motifs is 3. The molecule has 0 spiro atoms. The standard InChI is InChI=1S/C32H33F2N5O4/c1-42-30(41)20-10-15-39(24(40)16-20)29-22-17-35-27(21-8-2-6-19-7-3-9-23(33)25(19)21)26(34)28(22)36-31(37-29)43-18-32-11-4-13-38(32)14-5-12-32/h2-3,6-9,17,20,24,40H,4-5,10-16,18H2,1H3/t20-,24?/m1/s1. The number of ether oxygens (including phenoxy) is 2. The molecule has 9 nitrogen and oxygen atoms in total. The van der Waals surface area contributed by atoms with Gasteiger partial charge in [-0.05, 0) is 56.6 Å². The molecule has 5 heterocycles. The van der Waals surface area contributed by atoms with Gasteiger partial charge >= 0.3 is 12.0 Å². The van der Waals surface area contributed by atoms with Crippen LogP contribution >= 0.6 is 0 Å². The molecule has 4 aromatic rings. The average molecular weight is 590 g/mol. The van der Waals surface area contributed by atoms with Crippen LogP contribution in [0.4, 0.5) is 14.6 Å². The SMILES string of the molecule is COC(=O)[C@@H]1CCN(c2nc(OCC34CCCN3CCC4)nc3c(F)c(-c4cccc5cccc(F)c45)ncc23)C(O)C1. The van der Waals surface area contributed by atoms with E-state index in [0.29, 0.717) is 24.0 Å². The van der Waals surface area contributed by atoms with Gasteiger partial charge in [-0.25, -0.2) is 8.78 Å². The normalized spacial score (nSPS) is 21.8. The first-order chi connectivity index (χ1) is 20.9. The van der Waals surface area contributed by atoms with Crippen LogP contribution in [0.3, 0.4) is 0 Å². The summed E-state index contributed by atoms with van der Waals surface area (Å²) >= 11 is 0. The summed E-state index contributed by atoms with van der Waals surface area (Å²) in [5, 5.41) is 12.3. The number of hydrogen-bond donors (Lipinski definition) is 1. The molecule has 0 amide bonds. The number of carbonyl (C=O) groups is 1. The van der Waals surface area contributed by atoms with Crippen molar-refractivity contribution in [3.63, 3.8) is 0 Å². The number of rotatable bonds is 6. The molecule has 3 aliphatic rings. The van der Waals surface area contributed by atoms with E-state index in [0.717, 1.165) is 38.8 Å². The summed E-state index contributed by atoms with van der Waals surface area (Å²) < 4.78 is 42.7. The molecule has 3 aliphatic heterocycles. The van der Waals surface area contributed by atoms with E-state index in [-0.39, 0.29) is 58.3 Å². The number of methoxy groups -OCH3 is 1. The lowest BCUT2D eigenvalue weighted by molar-refractivity contribution is -0.147. The lowest BCUT2D eigenvalue weighted by Gasteiger charge is -2.36. The number of anilines is 1. The molecular weight excluding hydrogens is 556 g/mol. The van der Waals surface area contributed by atoms with Crippen LogP contribution in [0.2, 0.25) is 0 Å². The maximum atomic E-state index is 16.5. The van der Waals surface area contributed by atoms with E-state index in [1.54, 1.807) is 35.2 Å². The van der Waals surface area contributed by atoms with Crippen molar-refractivity contribution in [3.8, 4) is 17.3 Å². The molecule has 0 bridgehead atoms. The van der Waals surface area contributed by atoms with Crippen molar-refractivity contribution in [2.24, 2.45) is 5.92 Å². The summed E-state index contributed by atoms with van der Waals surface area (Å²) in [5.74, 6) is -1.79. The van der Waals surface area contributed by atoms with E-state index >= 15 is 4.39 Å². The van der Waals surface area contributed by atoms with Gasteiger partial charge in [-0.1, -0.05) is 30.3 Å². The number of pyridine rings is 1. The Morgan fingerprint density at radius 1 is 1.09 bits per heavy atom. The second kappa shape index (κ2) is 10.9. The Balaban J connectivity index is 1.33. The largest absolute Gasteiger partial charge is 0.469 e. The molecule has 7 rings (SSSR count). The fourth-order valence-corrected chi connectivity index (χ4v) is 7.22. The summed E-state index contributed by atoms with van der Waals surface area (Å²) in [7, 11) is 1.33. The van der Waals surface area contributed by atoms with E-state index in [1.165, 1.54) is 19.4 Å². The number of carbonyl (C=O) groups excluding carboxylic acids is 1. The first-order valence-corrected chi connectivity index (χ1v) is 14.8. The Hall–Kier alpha value is -3.96. The summed E-state index contributed by atoms with van der Waals surface area (Å²) in [4.78, 5) is 29.9. The minimum absolute atomic E-state index is 0.00179. The number of aliphatic hydroxyl groups excluding tert-OH is 1. The van der Waals surface area contributed by atoms with E-state index in [9.17, 15) is 14.3 Å². The molecule has 0 aliphatic carbocycles. The molecular formula is C32H33F2N5O4. The van der Waals surface area contributed by atoms with E-state index in [1.807, 2.05) is 0 Å². The van der Waals surface area contributed by atoms with Crippen molar-refractivity contribution < 1.29 is 28.2 Å². The first-order valence-electron chi connectivity index (χ1n) is 14.8. The van der Waals surface area contributed by atoms with Gasteiger partial charge in [0.25, 0.3) is 0 Å². The molecule has 224 valence electrons. The van der Waals surface area contributed by atoms with Gasteiger partial charge in [0.15, 0.2) is 5.82 Å². The predicted molar refractivity (Wildman–Crippen MR) is 157 cm³/mol. The van der Waals surface area contributed by atoms with Crippen LogP contribution in [0.15, 0.2) is 42.6 Å². The quantitative estimate of drug-likeness (QED) is 0.317. The fraction of sp³-hybridized carbons (Fsp3) is 0.438. The van der Waals surface area contributed by atoms with E-state index in [2.05, 4.69) is 19.9 Å². The zero-order valence-corrected chi connectivity index (χ0v) is 23.9. The number of nitrogens with zero attached hydrogens (tertiary/aromatic N) is 5. The average Bonchev–Trinajstić information content (AvgIpc) is 3.60. The Morgan fingerprint density at radius 3 is 2.60 bits per heavy atom. The lowest BCUT2D eigenvalue weighted by Crippen LogP contribution is -2.45. The van der Waals surface area contributed by atoms with Gasteiger partial charge in [0, 0.05) is 30.1 Å². The number of piperidine rings is 1.